The molecule has 0 amide bonds. The maximum atomic E-state index is 12.1. The van der Waals surface area contributed by atoms with Gasteiger partial charge >= 0.3 is 6.61 Å². The molecule has 0 radical (unpaired) electrons. The van der Waals surface area contributed by atoms with Crippen LogP contribution in [-0.4, -0.2) is 21.7 Å². The van der Waals surface area contributed by atoms with Crippen LogP contribution < -0.4 is 10.5 Å². The summed E-state index contributed by atoms with van der Waals surface area (Å²) in [4.78, 5) is 8.75. The Bertz CT molecular complexity index is 742. The highest BCUT2D eigenvalue weighted by Crippen LogP contribution is 2.28. The molecule has 2 N–H and O–H groups in total. The largest absolute Gasteiger partial charge is 0.435 e. The number of benzene rings is 1. The Morgan fingerprint density at radius 3 is 2.62 bits per heavy atom. The normalized spacial score (nSPS) is 11.0. The Kier molecular flexibility index (Phi) is 3.48. The molecule has 0 bridgehead atoms. The molecule has 9 heteroatoms. The molecule has 3 rings (SSSR count). The lowest BCUT2D eigenvalue weighted by Crippen LogP contribution is -2.01. The molecule has 0 aliphatic carbocycles. The van der Waals surface area contributed by atoms with Crippen LogP contribution in [0, 0.1) is 0 Å². The lowest BCUT2D eigenvalue weighted by Gasteiger charge is -2.03. The van der Waals surface area contributed by atoms with E-state index in [1.807, 2.05) is 0 Å². The average Bonchev–Trinajstić information content (AvgIpc) is 3.07. The molecule has 0 aliphatic heterocycles. The summed E-state index contributed by atoms with van der Waals surface area (Å²) in [6.07, 6.45) is 1.54. The van der Waals surface area contributed by atoms with Gasteiger partial charge in [0.25, 0.3) is 5.89 Å². The molecule has 2 heterocycles. The Hall–Kier alpha value is -2.55. The molecule has 0 saturated carbocycles. The zero-order valence-electron chi connectivity index (χ0n) is 10.4. The van der Waals surface area contributed by atoms with Gasteiger partial charge in [0.2, 0.25) is 5.82 Å². The van der Waals surface area contributed by atoms with E-state index in [4.69, 9.17) is 10.3 Å². The van der Waals surface area contributed by atoms with Gasteiger partial charge in [-0.1, -0.05) is 16.5 Å². The number of thiazole rings is 1. The van der Waals surface area contributed by atoms with Crippen molar-refractivity contribution in [2.24, 2.45) is 0 Å². The van der Waals surface area contributed by atoms with Crippen molar-refractivity contribution in [1.82, 2.24) is 15.1 Å². The maximum absolute atomic E-state index is 12.1. The first-order valence-electron chi connectivity index (χ1n) is 5.72. The predicted octanol–water partition coefficient (Wildman–Crippen LogP) is 3.04. The lowest BCUT2D eigenvalue weighted by atomic mass is 10.2. The number of hydrogen-bond acceptors (Lipinski definition) is 7. The Labute approximate surface area is 121 Å². The first-order chi connectivity index (χ1) is 10.1. The topological polar surface area (TPSA) is 87.1 Å². The van der Waals surface area contributed by atoms with Crippen LogP contribution in [-0.2, 0) is 0 Å². The van der Waals surface area contributed by atoms with Gasteiger partial charge in [0, 0.05) is 5.56 Å². The van der Waals surface area contributed by atoms with Crippen LogP contribution in [0.3, 0.4) is 0 Å². The maximum Gasteiger partial charge on any atom is 0.387 e. The number of anilines is 1. The van der Waals surface area contributed by atoms with E-state index in [1.165, 1.54) is 29.7 Å². The Morgan fingerprint density at radius 2 is 2.00 bits per heavy atom. The van der Waals surface area contributed by atoms with Gasteiger partial charge in [0.05, 0.1) is 6.20 Å². The van der Waals surface area contributed by atoms with Gasteiger partial charge in [-0.15, -0.1) is 0 Å². The highest BCUT2D eigenvalue weighted by atomic mass is 32.1. The molecule has 0 fully saturated rings. The third-order valence-corrected chi connectivity index (χ3v) is 3.31. The van der Waals surface area contributed by atoms with E-state index in [1.54, 1.807) is 12.1 Å². The second kappa shape index (κ2) is 5.44. The fourth-order valence-corrected chi connectivity index (χ4v) is 2.22. The smallest absolute Gasteiger partial charge is 0.387 e. The Balaban J connectivity index is 1.83. The molecule has 1 aromatic carbocycles. The van der Waals surface area contributed by atoms with Crippen LogP contribution in [0.4, 0.5) is 13.9 Å². The zero-order valence-corrected chi connectivity index (χ0v) is 11.2. The van der Waals surface area contributed by atoms with E-state index in [0.29, 0.717) is 27.3 Å². The number of alkyl halides is 2. The minimum absolute atomic E-state index is 0.0627. The van der Waals surface area contributed by atoms with Crippen LogP contribution in [0.15, 0.2) is 35.0 Å². The summed E-state index contributed by atoms with van der Waals surface area (Å²) in [5.41, 5.74) is 6.15. The summed E-state index contributed by atoms with van der Waals surface area (Å²) < 4.78 is 33.5. The van der Waals surface area contributed by atoms with E-state index in [9.17, 15) is 8.78 Å². The predicted molar refractivity (Wildman–Crippen MR) is 71.9 cm³/mol. The van der Waals surface area contributed by atoms with Gasteiger partial charge in [-0.3, -0.25) is 0 Å². The number of aromatic nitrogens is 3. The highest BCUT2D eigenvalue weighted by molar-refractivity contribution is 7.18. The number of hydrogen-bond donors (Lipinski definition) is 1. The molecule has 2 aromatic heterocycles. The second-order valence-corrected chi connectivity index (χ2v) is 4.95. The molecule has 21 heavy (non-hydrogen) atoms. The van der Waals surface area contributed by atoms with E-state index in [2.05, 4.69) is 19.9 Å². The summed E-state index contributed by atoms with van der Waals surface area (Å²) >= 11 is 1.23. The Morgan fingerprint density at radius 1 is 1.24 bits per heavy atom. The van der Waals surface area contributed by atoms with Gasteiger partial charge < -0.3 is 15.0 Å². The van der Waals surface area contributed by atoms with Crippen LogP contribution in [0.5, 0.6) is 5.75 Å². The zero-order chi connectivity index (χ0) is 14.8. The van der Waals surface area contributed by atoms with Crippen LogP contribution in [0.25, 0.3) is 22.2 Å². The van der Waals surface area contributed by atoms with Gasteiger partial charge in [-0.25, -0.2) is 4.98 Å². The molecule has 0 aliphatic rings. The SMILES string of the molecule is Nc1ncc(-c2nc(-c3ccc(OC(F)F)cc3)no2)s1. The molecule has 3 aromatic rings. The number of nitrogen functional groups attached to an aromatic ring is 1. The molecule has 0 unspecified atom stereocenters. The van der Waals surface area contributed by atoms with Crippen molar-refractivity contribution in [2.75, 3.05) is 5.73 Å². The number of nitrogens with two attached hydrogens (primary N) is 1. The van der Waals surface area contributed by atoms with E-state index in [0.717, 1.165) is 0 Å². The molecular weight excluding hydrogens is 302 g/mol. The number of nitrogens with zero attached hydrogens (tertiary/aromatic N) is 3. The van der Waals surface area contributed by atoms with Crippen molar-refractivity contribution < 1.29 is 18.0 Å². The van der Waals surface area contributed by atoms with Gasteiger partial charge in [0.1, 0.15) is 10.6 Å². The fraction of sp³-hybridized carbons (Fsp3) is 0.0833. The second-order valence-electron chi connectivity index (χ2n) is 3.89. The average molecular weight is 310 g/mol. The van der Waals surface area contributed by atoms with Crippen molar-refractivity contribution in [3.8, 4) is 27.9 Å². The standard InChI is InChI=1S/C12H8F2N4O2S/c13-11(14)19-7-3-1-6(2-4-7)9-17-10(20-18-9)8-5-16-12(15)21-8/h1-5,11H,(H2,15,16). The summed E-state index contributed by atoms with van der Waals surface area (Å²) in [7, 11) is 0. The van der Waals surface area contributed by atoms with Crippen molar-refractivity contribution in [1.29, 1.82) is 0 Å². The first-order valence-corrected chi connectivity index (χ1v) is 6.54. The minimum atomic E-state index is -2.86. The van der Waals surface area contributed by atoms with Gasteiger partial charge in [-0.05, 0) is 24.3 Å². The molecule has 0 spiro atoms. The highest BCUT2D eigenvalue weighted by Gasteiger charge is 2.13. The molecular formula is C12H8F2N4O2S. The van der Waals surface area contributed by atoms with Crippen LogP contribution in [0.2, 0.25) is 0 Å². The summed E-state index contributed by atoms with van der Waals surface area (Å²) in [5.74, 6) is 0.695. The monoisotopic (exact) mass is 310 g/mol. The summed E-state index contributed by atoms with van der Waals surface area (Å²) in [5, 5.41) is 4.23. The van der Waals surface area contributed by atoms with Crippen molar-refractivity contribution in [3.05, 3.63) is 30.5 Å². The molecule has 0 saturated heterocycles. The number of rotatable bonds is 4. The summed E-state index contributed by atoms with van der Waals surface area (Å²) in [6, 6.07) is 5.94. The van der Waals surface area contributed by atoms with E-state index >= 15 is 0 Å². The van der Waals surface area contributed by atoms with Gasteiger partial charge in [-0.2, -0.15) is 13.8 Å². The van der Waals surface area contributed by atoms with Crippen molar-refractivity contribution in [2.45, 2.75) is 6.61 Å². The number of halogens is 2. The van der Waals surface area contributed by atoms with Gasteiger partial charge in [0.15, 0.2) is 5.13 Å². The molecule has 108 valence electrons. The minimum Gasteiger partial charge on any atom is -0.435 e. The lowest BCUT2D eigenvalue weighted by molar-refractivity contribution is -0.0498. The number of ether oxygens (including phenoxy) is 1. The van der Waals surface area contributed by atoms with E-state index in [-0.39, 0.29) is 5.75 Å². The third-order valence-electron chi connectivity index (χ3n) is 2.50. The van der Waals surface area contributed by atoms with Crippen LogP contribution >= 0.6 is 11.3 Å². The molecule has 0 atom stereocenters. The van der Waals surface area contributed by atoms with Crippen LogP contribution in [0.1, 0.15) is 0 Å². The third kappa shape index (κ3) is 2.97. The van der Waals surface area contributed by atoms with Crippen molar-refractivity contribution in [3.63, 3.8) is 0 Å². The first kappa shape index (κ1) is 13.4. The molecule has 6 nitrogen and oxygen atoms in total. The van der Waals surface area contributed by atoms with Crippen molar-refractivity contribution >= 4 is 16.5 Å². The quantitative estimate of drug-likeness (QED) is 0.797. The summed E-state index contributed by atoms with van der Waals surface area (Å²) in [6.45, 7) is -2.86. The van der Waals surface area contributed by atoms with E-state index < -0.39 is 6.61 Å². The fourth-order valence-electron chi connectivity index (χ4n) is 1.61.